The van der Waals surface area contributed by atoms with Crippen LogP contribution < -0.4 is 21.7 Å². The summed E-state index contributed by atoms with van der Waals surface area (Å²) >= 11 is 6.67. The normalized spacial score (nSPS) is 20.7. The molecule has 3 heterocycles. The van der Waals surface area contributed by atoms with E-state index in [0.717, 1.165) is 36.8 Å². The lowest BCUT2D eigenvalue weighted by molar-refractivity contribution is -0.150. The second-order valence-electron chi connectivity index (χ2n) is 15.1. The van der Waals surface area contributed by atoms with Crippen molar-refractivity contribution in [2.24, 2.45) is 5.73 Å². The van der Waals surface area contributed by atoms with Crippen LogP contribution in [0, 0.1) is 13.8 Å². The molecule has 4 aromatic carbocycles. The van der Waals surface area contributed by atoms with Crippen LogP contribution in [0.1, 0.15) is 33.4 Å². The third kappa shape index (κ3) is 16.8. The molecule has 3 aliphatic rings. The fraction of sp³-hybridized carbons (Fsp3) is 0.348. The van der Waals surface area contributed by atoms with E-state index in [1.807, 2.05) is 105 Å². The number of rotatable bonds is 12. The summed E-state index contributed by atoms with van der Waals surface area (Å²) in [6, 6.07) is 29.3. The molecule has 17 nitrogen and oxygen atoms in total. The fourth-order valence-electron chi connectivity index (χ4n) is 6.84. The van der Waals surface area contributed by atoms with Crippen LogP contribution in [0.2, 0.25) is 0 Å². The summed E-state index contributed by atoms with van der Waals surface area (Å²) < 4.78 is 25.8. The minimum atomic E-state index is -0.972. The number of nitrogens with two attached hydrogens (primary N) is 1. The summed E-state index contributed by atoms with van der Waals surface area (Å²) in [6.45, 7) is 3.87. The minimum Gasteiger partial charge on any atom is -0.480 e. The molecule has 0 saturated carbocycles. The van der Waals surface area contributed by atoms with Gasteiger partial charge in [-0.3, -0.25) is 4.79 Å². The third-order valence-corrected chi connectivity index (χ3v) is 10.9. The van der Waals surface area contributed by atoms with Crippen molar-refractivity contribution in [2.75, 3.05) is 20.8 Å². The Morgan fingerprint density at radius 2 is 1.02 bits per heavy atom. The lowest BCUT2D eigenvalue weighted by Crippen LogP contribution is -2.39. The molecule has 0 aromatic heterocycles. The smallest absolute Gasteiger partial charge is 0.408 e. The van der Waals surface area contributed by atoms with Gasteiger partial charge in [0.15, 0.2) is 0 Å². The van der Waals surface area contributed by atoms with Gasteiger partial charge in [0.1, 0.15) is 12.1 Å². The SMILES string of the molecule is COC(=O)[C@H]1OC(=O)N[C@H]1Cc1cccc(Br)c1.COC(=O)[C@H]1OC(=O)N[C@H]1Cc1cccc(C)c1.Cc1cccc(C[C@@H]2NC(=O)O[C@@H]2CO)c1.N[C@@H](Cc1cccc(Br)c1)C(=O)O. The van der Waals surface area contributed by atoms with E-state index in [2.05, 4.69) is 63.4 Å². The van der Waals surface area contributed by atoms with Crippen molar-refractivity contribution in [2.45, 2.75) is 82.0 Å². The quantitative estimate of drug-likeness (QED) is 0.0785. The Kier molecular flexibility index (Phi) is 20.2. The van der Waals surface area contributed by atoms with Crippen molar-refractivity contribution in [3.05, 3.63) is 139 Å². The molecule has 0 unspecified atom stereocenters. The Labute approximate surface area is 392 Å². The molecule has 7 atom stereocenters. The van der Waals surface area contributed by atoms with Crippen LogP contribution in [0.5, 0.6) is 0 Å². The fourth-order valence-corrected chi connectivity index (χ4v) is 7.74. The van der Waals surface area contributed by atoms with Crippen molar-refractivity contribution in [3.8, 4) is 0 Å². The van der Waals surface area contributed by atoms with Gasteiger partial charge < -0.3 is 55.6 Å². The number of aliphatic hydroxyl groups excluding tert-OH is 1. The number of halogens is 2. The zero-order valence-electron chi connectivity index (χ0n) is 36.0. The van der Waals surface area contributed by atoms with Crippen LogP contribution in [0.25, 0.3) is 0 Å². The van der Waals surface area contributed by atoms with Gasteiger partial charge in [-0.25, -0.2) is 24.0 Å². The molecule has 3 saturated heterocycles. The Morgan fingerprint density at radius 1 is 0.631 bits per heavy atom. The number of ether oxygens (including phenoxy) is 5. The molecule has 7 rings (SSSR count). The summed E-state index contributed by atoms with van der Waals surface area (Å²) in [5.41, 5.74) is 11.8. The first-order valence-corrected chi connectivity index (χ1v) is 21.8. The van der Waals surface area contributed by atoms with E-state index in [1.165, 1.54) is 19.8 Å². The second kappa shape index (κ2) is 25.5. The maximum Gasteiger partial charge on any atom is 0.408 e. The first kappa shape index (κ1) is 51.6. The molecule has 0 spiro atoms. The van der Waals surface area contributed by atoms with Crippen molar-refractivity contribution in [3.63, 3.8) is 0 Å². The third-order valence-electron chi connectivity index (χ3n) is 9.95. The number of carboxylic acids is 1. The highest BCUT2D eigenvalue weighted by atomic mass is 79.9. The first-order valence-electron chi connectivity index (χ1n) is 20.2. The van der Waals surface area contributed by atoms with Gasteiger partial charge in [0.05, 0.1) is 39.0 Å². The van der Waals surface area contributed by atoms with Crippen LogP contribution in [-0.4, -0.2) is 110 Å². The first-order chi connectivity index (χ1) is 31.0. The highest BCUT2D eigenvalue weighted by Gasteiger charge is 2.41. The van der Waals surface area contributed by atoms with Crippen molar-refractivity contribution < 1.29 is 62.7 Å². The van der Waals surface area contributed by atoms with Crippen LogP contribution in [-0.2, 0) is 63.8 Å². The molecule has 65 heavy (non-hydrogen) atoms. The highest BCUT2D eigenvalue weighted by Crippen LogP contribution is 2.20. The molecule has 348 valence electrons. The second-order valence-corrected chi connectivity index (χ2v) is 16.9. The van der Waals surface area contributed by atoms with E-state index in [-0.39, 0.29) is 18.7 Å². The molecule has 0 radical (unpaired) electrons. The molecule has 0 aliphatic carbocycles. The molecule has 0 bridgehead atoms. The van der Waals surface area contributed by atoms with Gasteiger partial charge in [-0.05, 0) is 86.1 Å². The summed E-state index contributed by atoms with van der Waals surface area (Å²) in [7, 11) is 2.54. The maximum absolute atomic E-state index is 11.5. The number of benzene rings is 4. The zero-order valence-corrected chi connectivity index (χ0v) is 39.2. The Bertz CT molecular complexity index is 2190. The number of methoxy groups -OCH3 is 2. The molecule has 3 fully saturated rings. The predicted molar refractivity (Wildman–Crippen MR) is 244 cm³/mol. The molecule has 19 heteroatoms. The molecule has 3 aliphatic heterocycles. The number of hydrogen-bond donors (Lipinski definition) is 6. The van der Waals surface area contributed by atoms with E-state index < -0.39 is 66.6 Å². The average molecular weight is 1030 g/mol. The standard InChI is InChI=1S/C13H15NO4.C12H12BrNO4.C12H15NO3.C9H10BrNO2/c1-8-4-3-5-9(6-8)7-10-11(12(15)17-2)18-13(16)14-10;1-17-11(15)10-9(14-12(16)18-10)6-7-3-2-4-8(13)5-7;1-8-3-2-4-9(5-8)6-10-11(7-14)16-12(15)13-10;10-7-3-1-2-6(4-7)5-8(11)9(12)13/h3-6,10-11H,7H2,1-2H3,(H,14,16);2-5,9-10H,6H2,1H3,(H,14,16);2-5,10-11,14H,6-7H2,1H3,(H,13,15);1-4,8H,5,11H2,(H,12,13)/t10-,11-;9-,10-;10-,11+;8-/m0000/s1. The van der Waals surface area contributed by atoms with Gasteiger partial charge in [-0.15, -0.1) is 0 Å². The largest absolute Gasteiger partial charge is 0.480 e. The van der Waals surface area contributed by atoms with Crippen LogP contribution >= 0.6 is 31.9 Å². The van der Waals surface area contributed by atoms with Gasteiger partial charge in [-0.2, -0.15) is 0 Å². The summed E-state index contributed by atoms with van der Waals surface area (Å²) in [6.07, 6.45) is -1.74. The number of carbonyl (C=O) groups excluding carboxylic acids is 5. The number of aryl methyl sites for hydroxylation is 2. The van der Waals surface area contributed by atoms with E-state index in [1.54, 1.807) is 0 Å². The number of cyclic esters (lactones) is 3. The zero-order chi connectivity index (χ0) is 47.6. The van der Waals surface area contributed by atoms with Gasteiger partial charge in [0, 0.05) is 8.95 Å². The number of carboxylic acid groups (broad SMARTS) is 1. The van der Waals surface area contributed by atoms with Crippen LogP contribution in [0.15, 0.2) is 106 Å². The number of hydrogen-bond acceptors (Lipinski definition) is 13. The molecule has 3 amide bonds. The van der Waals surface area contributed by atoms with Crippen molar-refractivity contribution >= 4 is 68.0 Å². The Balaban J connectivity index is 0.000000191. The lowest BCUT2D eigenvalue weighted by Gasteiger charge is -2.14. The Hall–Kier alpha value is -6.02. The predicted octanol–water partition coefficient (Wildman–Crippen LogP) is 5.24. The van der Waals surface area contributed by atoms with Gasteiger partial charge in [0.25, 0.3) is 0 Å². The van der Waals surface area contributed by atoms with Crippen LogP contribution in [0.3, 0.4) is 0 Å². The van der Waals surface area contributed by atoms with Gasteiger partial charge >= 0.3 is 36.2 Å². The summed E-state index contributed by atoms with van der Waals surface area (Å²) in [5.74, 6) is -2.06. The van der Waals surface area contributed by atoms with E-state index in [0.29, 0.717) is 25.7 Å². The van der Waals surface area contributed by atoms with Gasteiger partial charge in [-0.1, -0.05) is 116 Å². The number of aliphatic hydroxyl groups is 1. The van der Waals surface area contributed by atoms with E-state index >= 15 is 0 Å². The Morgan fingerprint density at radius 3 is 1.43 bits per heavy atom. The molecular formula is C46H52Br2N4O13. The van der Waals surface area contributed by atoms with Gasteiger partial charge in [0.2, 0.25) is 12.2 Å². The van der Waals surface area contributed by atoms with E-state index in [4.69, 9.17) is 30.2 Å². The molecular weight excluding hydrogens is 976 g/mol. The number of nitrogens with one attached hydrogen (secondary N) is 3. The van der Waals surface area contributed by atoms with Crippen LogP contribution in [0.4, 0.5) is 14.4 Å². The number of amides is 3. The topological polar surface area (TPSA) is 251 Å². The van der Waals surface area contributed by atoms with E-state index in [9.17, 15) is 28.8 Å². The van der Waals surface area contributed by atoms with Crippen molar-refractivity contribution in [1.29, 1.82) is 0 Å². The average Bonchev–Trinajstić information content (AvgIpc) is 3.94. The summed E-state index contributed by atoms with van der Waals surface area (Å²) in [5, 5.41) is 25.6. The van der Waals surface area contributed by atoms with Crippen molar-refractivity contribution in [1.82, 2.24) is 16.0 Å². The highest BCUT2D eigenvalue weighted by molar-refractivity contribution is 9.10. The molecule has 7 N–H and O–H groups in total. The lowest BCUT2D eigenvalue weighted by atomic mass is 10.0. The monoisotopic (exact) mass is 1030 g/mol. The number of alkyl carbamates (subject to hydrolysis) is 3. The molecule has 4 aromatic rings. The maximum atomic E-state index is 11.5. The minimum absolute atomic E-state index is 0.140. The number of carbonyl (C=O) groups is 6. The number of esters is 2. The summed E-state index contributed by atoms with van der Waals surface area (Å²) in [4.78, 5) is 66.8. The number of aliphatic carboxylic acids is 1.